The molecule has 5 heteroatoms. The highest BCUT2D eigenvalue weighted by atomic mass is 79.9. The lowest BCUT2D eigenvalue weighted by molar-refractivity contribution is -0.138. The molecular formula is C18H16BrNO3. The van der Waals surface area contributed by atoms with E-state index in [-0.39, 0.29) is 18.2 Å². The predicted octanol–water partition coefficient (Wildman–Crippen LogP) is 3.78. The number of nitrogens with one attached hydrogen (secondary N) is 1. The van der Waals surface area contributed by atoms with Gasteiger partial charge in [0.15, 0.2) is 0 Å². The summed E-state index contributed by atoms with van der Waals surface area (Å²) in [6.45, 7) is 1.95. The Morgan fingerprint density at radius 3 is 2.35 bits per heavy atom. The fourth-order valence-electron chi connectivity index (χ4n) is 1.86. The van der Waals surface area contributed by atoms with Gasteiger partial charge in [0.1, 0.15) is 5.70 Å². The van der Waals surface area contributed by atoms with Crippen molar-refractivity contribution in [2.45, 2.75) is 6.92 Å². The van der Waals surface area contributed by atoms with Gasteiger partial charge in [-0.25, -0.2) is 4.79 Å². The highest BCUT2D eigenvalue weighted by molar-refractivity contribution is 9.10. The van der Waals surface area contributed by atoms with E-state index in [4.69, 9.17) is 4.74 Å². The molecule has 4 nitrogen and oxygen atoms in total. The molecular weight excluding hydrogens is 358 g/mol. The molecule has 0 saturated heterocycles. The van der Waals surface area contributed by atoms with Gasteiger partial charge in [-0.15, -0.1) is 0 Å². The molecule has 0 fully saturated rings. The third kappa shape index (κ3) is 5.07. The first-order chi connectivity index (χ1) is 11.1. The molecule has 1 N–H and O–H groups in total. The van der Waals surface area contributed by atoms with E-state index in [9.17, 15) is 9.59 Å². The maximum atomic E-state index is 12.2. The van der Waals surface area contributed by atoms with E-state index in [1.54, 1.807) is 37.3 Å². The molecule has 0 bridgehead atoms. The number of hydrogen-bond acceptors (Lipinski definition) is 3. The van der Waals surface area contributed by atoms with Gasteiger partial charge in [-0.05, 0) is 42.8 Å². The highest BCUT2D eigenvalue weighted by Gasteiger charge is 2.15. The van der Waals surface area contributed by atoms with Crippen LogP contribution in [0.15, 0.2) is 64.8 Å². The molecule has 0 heterocycles. The second-order valence-corrected chi connectivity index (χ2v) is 5.57. The Morgan fingerprint density at radius 2 is 1.74 bits per heavy atom. The quantitative estimate of drug-likeness (QED) is 0.640. The van der Waals surface area contributed by atoms with Crippen molar-refractivity contribution >= 4 is 33.9 Å². The van der Waals surface area contributed by atoms with Gasteiger partial charge in [0.05, 0.1) is 6.61 Å². The summed E-state index contributed by atoms with van der Waals surface area (Å²) < 4.78 is 5.94. The molecule has 23 heavy (non-hydrogen) atoms. The van der Waals surface area contributed by atoms with Crippen LogP contribution in [0.4, 0.5) is 0 Å². The fourth-order valence-corrected chi connectivity index (χ4v) is 2.13. The van der Waals surface area contributed by atoms with E-state index >= 15 is 0 Å². The van der Waals surface area contributed by atoms with Crippen LogP contribution in [-0.2, 0) is 9.53 Å². The summed E-state index contributed by atoms with van der Waals surface area (Å²) in [6.07, 6.45) is 1.59. The van der Waals surface area contributed by atoms with Crippen LogP contribution in [0.2, 0.25) is 0 Å². The zero-order chi connectivity index (χ0) is 16.7. The second kappa shape index (κ2) is 8.29. The Labute approximate surface area is 143 Å². The van der Waals surface area contributed by atoms with Gasteiger partial charge in [-0.3, -0.25) is 4.79 Å². The molecule has 118 valence electrons. The number of esters is 1. The Balaban J connectivity index is 2.25. The van der Waals surface area contributed by atoms with Crippen molar-refractivity contribution in [2.24, 2.45) is 0 Å². The lowest BCUT2D eigenvalue weighted by Crippen LogP contribution is -2.28. The zero-order valence-electron chi connectivity index (χ0n) is 12.6. The average Bonchev–Trinajstić information content (AvgIpc) is 2.57. The smallest absolute Gasteiger partial charge is 0.354 e. The number of ether oxygens (including phenoxy) is 1. The van der Waals surface area contributed by atoms with E-state index in [0.717, 1.165) is 10.0 Å². The highest BCUT2D eigenvalue weighted by Crippen LogP contribution is 2.13. The van der Waals surface area contributed by atoms with Crippen molar-refractivity contribution in [3.8, 4) is 0 Å². The Hall–Kier alpha value is -2.40. The third-order valence-electron chi connectivity index (χ3n) is 2.96. The molecule has 0 atom stereocenters. The van der Waals surface area contributed by atoms with Crippen molar-refractivity contribution < 1.29 is 14.3 Å². The molecule has 2 rings (SSSR count). The molecule has 0 aliphatic rings. The van der Waals surface area contributed by atoms with Crippen LogP contribution in [0, 0.1) is 0 Å². The number of rotatable bonds is 5. The molecule has 0 spiro atoms. The minimum absolute atomic E-state index is 0.100. The fraction of sp³-hybridized carbons (Fsp3) is 0.111. The summed E-state index contributed by atoms with van der Waals surface area (Å²) in [7, 11) is 0. The van der Waals surface area contributed by atoms with Crippen LogP contribution in [0.5, 0.6) is 0 Å². The average molecular weight is 374 g/mol. The molecule has 0 aliphatic heterocycles. The number of benzene rings is 2. The number of carbonyl (C=O) groups is 2. The summed E-state index contributed by atoms with van der Waals surface area (Å²) in [5, 5.41) is 2.62. The van der Waals surface area contributed by atoms with Crippen molar-refractivity contribution in [2.75, 3.05) is 6.61 Å². The largest absolute Gasteiger partial charge is 0.461 e. The van der Waals surface area contributed by atoms with Gasteiger partial charge in [-0.1, -0.05) is 46.3 Å². The predicted molar refractivity (Wildman–Crippen MR) is 92.7 cm³/mol. The van der Waals surface area contributed by atoms with E-state index in [1.165, 1.54) is 0 Å². The second-order valence-electron chi connectivity index (χ2n) is 4.65. The van der Waals surface area contributed by atoms with Crippen LogP contribution in [-0.4, -0.2) is 18.5 Å². The van der Waals surface area contributed by atoms with Crippen LogP contribution >= 0.6 is 15.9 Å². The molecule has 0 radical (unpaired) electrons. The number of halogens is 1. The zero-order valence-corrected chi connectivity index (χ0v) is 14.2. The first-order valence-corrected chi connectivity index (χ1v) is 7.90. The number of carbonyl (C=O) groups excluding carboxylic acids is 2. The normalized spacial score (nSPS) is 11.0. The molecule has 0 aliphatic carbocycles. The van der Waals surface area contributed by atoms with Gasteiger partial charge in [0, 0.05) is 10.0 Å². The first-order valence-electron chi connectivity index (χ1n) is 7.11. The molecule has 2 aromatic rings. The summed E-state index contributed by atoms with van der Waals surface area (Å²) in [4.78, 5) is 24.3. The molecule has 1 amide bonds. The lowest BCUT2D eigenvalue weighted by atomic mass is 10.1. The van der Waals surface area contributed by atoms with Gasteiger partial charge in [0.2, 0.25) is 0 Å². The Morgan fingerprint density at radius 1 is 1.09 bits per heavy atom. The summed E-state index contributed by atoms with van der Waals surface area (Å²) >= 11 is 3.35. The Kier molecular flexibility index (Phi) is 6.11. The van der Waals surface area contributed by atoms with Gasteiger partial charge in [0.25, 0.3) is 5.91 Å². The summed E-state index contributed by atoms with van der Waals surface area (Å²) in [5.41, 5.74) is 1.35. The number of hydrogen-bond donors (Lipinski definition) is 1. The van der Waals surface area contributed by atoms with Gasteiger partial charge >= 0.3 is 5.97 Å². The molecule has 2 aromatic carbocycles. The molecule has 0 saturated carbocycles. The third-order valence-corrected chi connectivity index (χ3v) is 3.49. The maximum Gasteiger partial charge on any atom is 0.354 e. The molecule has 0 unspecified atom stereocenters. The van der Waals surface area contributed by atoms with Crippen molar-refractivity contribution in [1.29, 1.82) is 0 Å². The van der Waals surface area contributed by atoms with Crippen LogP contribution in [0.1, 0.15) is 22.8 Å². The molecule has 0 aromatic heterocycles. The van der Waals surface area contributed by atoms with E-state index < -0.39 is 5.97 Å². The summed E-state index contributed by atoms with van der Waals surface area (Å²) in [6, 6.07) is 16.1. The topological polar surface area (TPSA) is 55.4 Å². The van der Waals surface area contributed by atoms with Gasteiger partial charge < -0.3 is 10.1 Å². The minimum Gasteiger partial charge on any atom is -0.461 e. The first kappa shape index (κ1) is 17.0. The summed E-state index contributed by atoms with van der Waals surface area (Å²) in [5.74, 6) is -0.929. The van der Waals surface area contributed by atoms with E-state index in [0.29, 0.717) is 5.56 Å². The van der Waals surface area contributed by atoms with Crippen molar-refractivity contribution in [3.63, 3.8) is 0 Å². The minimum atomic E-state index is -0.570. The van der Waals surface area contributed by atoms with Crippen molar-refractivity contribution in [1.82, 2.24) is 5.32 Å². The van der Waals surface area contributed by atoms with Crippen molar-refractivity contribution in [3.05, 3.63) is 75.9 Å². The SMILES string of the molecule is CCOC(=O)C(=Cc1ccc(Br)cc1)NC(=O)c1ccccc1. The number of amides is 1. The monoisotopic (exact) mass is 373 g/mol. The van der Waals surface area contributed by atoms with E-state index in [2.05, 4.69) is 21.2 Å². The lowest BCUT2D eigenvalue weighted by Gasteiger charge is -2.09. The standard InChI is InChI=1S/C18H16BrNO3/c1-2-23-18(22)16(12-13-8-10-15(19)11-9-13)20-17(21)14-6-4-3-5-7-14/h3-12H,2H2,1H3,(H,20,21). The van der Waals surface area contributed by atoms with E-state index in [1.807, 2.05) is 30.3 Å². The maximum absolute atomic E-state index is 12.2. The Bertz CT molecular complexity index is 709. The van der Waals surface area contributed by atoms with Gasteiger partial charge in [-0.2, -0.15) is 0 Å². The van der Waals surface area contributed by atoms with Crippen LogP contribution in [0.3, 0.4) is 0 Å². The van der Waals surface area contributed by atoms with Crippen LogP contribution in [0.25, 0.3) is 6.08 Å². The van der Waals surface area contributed by atoms with Crippen LogP contribution < -0.4 is 5.32 Å².